The van der Waals surface area contributed by atoms with E-state index in [-0.39, 0.29) is 11.5 Å². The highest BCUT2D eigenvalue weighted by Gasteiger charge is 2.21. The third kappa shape index (κ3) is 4.29. The van der Waals surface area contributed by atoms with E-state index in [1.54, 1.807) is 0 Å². The van der Waals surface area contributed by atoms with E-state index in [0.29, 0.717) is 0 Å². The van der Waals surface area contributed by atoms with Gasteiger partial charge in [0.05, 0.1) is 0 Å². The van der Waals surface area contributed by atoms with E-state index in [4.69, 9.17) is 4.74 Å². The molecule has 1 rings (SSSR count). The lowest BCUT2D eigenvalue weighted by Gasteiger charge is -2.26. The number of ether oxygens (including phenoxy) is 1. The van der Waals surface area contributed by atoms with Crippen molar-refractivity contribution in [3.05, 3.63) is 12.7 Å². The van der Waals surface area contributed by atoms with Crippen LogP contribution in [0.15, 0.2) is 12.7 Å². The minimum absolute atomic E-state index is 0.152. The number of thioether (sulfide) groups is 1. The molecule has 2 atom stereocenters. The molecule has 0 amide bonds. The Labute approximate surface area is 90.1 Å². The second-order valence-electron chi connectivity index (χ2n) is 3.47. The molecule has 1 aliphatic rings. The van der Waals surface area contributed by atoms with Crippen LogP contribution in [0.2, 0.25) is 0 Å². The van der Waals surface area contributed by atoms with Crippen LogP contribution < -0.4 is 0 Å². The molecule has 1 saturated heterocycles. The van der Waals surface area contributed by atoms with Gasteiger partial charge in [-0.1, -0.05) is 6.08 Å². The molecule has 0 N–H and O–H groups in total. The summed E-state index contributed by atoms with van der Waals surface area (Å²) in [6.45, 7) is 3.68. The number of allylic oxidation sites excluding steroid dienone is 1. The quantitative estimate of drug-likeness (QED) is 0.386. The number of unbranched alkanes of at least 4 members (excludes halogenated alkanes) is 1. The summed E-state index contributed by atoms with van der Waals surface area (Å²) in [6, 6.07) is 0. The van der Waals surface area contributed by atoms with Crippen LogP contribution in [0.25, 0.3) is 0 Å². The summed E-state index contributed by atoms with van der Waals surface area (Å²) in [5, 5.41) is 0. The highest BCUT2D eigenvalue weighted by molar-refractivity contribution is 7.99. The average molecular weight is 214 g/mol. The highest BCUT2D eigenvalue weighted by atomic mass is 32.2. The summed E-state index contributed by atoms with van der Waals surface area (Å²) < 4.78 is 5.58. The highest BCUT2D eigenvalue weighted by Crippen LogP contribution is 2.26. The lowest BCUT2D eigenvalue weighted by molar-refractivity contribution is -0.121. The third-order valence-electron chi connectivity index (χ3n) is 2.26. The van der Waals surface area contributed by atoms with E-state index in [1.807, 2.05) is 17.8 Å². The topological polar surface area (TPSA) is 26.3 Å². The minimum atomic E-state index is -0.152. The zero-order valence-electron chi connectivity index (χ0n) is 8.48. The Balaban J connectivity index is 2.10. The third-order valence-corrected chi connectivity index (χ3v) is 3.51. The molecule has 0 aliphatic carbocycles. The molecule has 0 aromatic heterocycles. The molecule has 1 aliphatic heterocycles. The summed E-state index contributed by atoms with van der Waals surface area (Å²) in [5.74, 6) is 1.10. The van der Waals surface area contributed by atoms with E-state index in [0.717, 1.165) is 44.1 Å². The van der Waals surface area contributed by atoms with E-state index in [2.05, 4.69) is 6.58 Å². The zero-order valence-corrected chi connectivity index (χ0v) is 9.30. The van der Waals surface area contributed by atoms with Gasteiger partial charge < -0.3 is 9.53 Å². The van der Waals surface area contributed by atoms with Crippen LogP contribution in [-0.4, -0.2) is 23.6 Å². The first-order valence-electron chi connectivity index (χ1n) is 5.20. The molecule has 2 nitrogen and oxygen atoms in total. The van der Waals surface area contributed by atoms with E-state index in [9.17, 15) is 4.79 Å². The smallest absolute Gasteiger partial charge is 0.148 e. The molecule has 0 saturated carbocycles. The Morgan fingerprint density at radius 2 is 2.36 bits per heavy atom. The Kier molecular flexibility index (Phi) is 5.96. The maximum Gasteiger partial charge on any atom is 0.148 e. The molecule has 0 spiro atoms. The minimum Gasteiger partial charge on any atom is -0.357 e. The van der Waals surface area contributed by atoms with Gasteiger partial charge in [-0.2, -0.15) is 0 Å². The zero-order chi connectivity index (χ0) is 10.2. The van der Waals surface area contributed by atoms with Gasteiger partial charge in [0, 0.05) is 0 Å². The van der Waals surface area contributed by atoms with Crippen LogP contribution in [0.4, 0.5) is 0 Å². The molecule has 0 radical (unpaired) electrons. The number of carbonyl (C=O) groups is 1. The second-order valence-corrected chi connectivity index (χ2v) is 4.74. The summed E-state index contributed by atoms with van der Waals surface area (Å²) in [6.07, 6.45) is 8.03. The molecule has 0 aromatic carbocycles. The predicted molar refractivity (Wildman–Crippen MR) is 60.5 cm³/mol. The largest absolute Gasteiger partial charge is 0.357 e. The predicted octanol–water partition coefficient (Wildman–Crippen LogP) is 2.78. The van der Waals surface area contributed by atoms with Crippen LogP contribution in [-0.2, 0) is 9.53 Å². The maximum atomic E-state index is 10.5. The summed E-state index contributed by atoms with van der Waals surface area (Å²) in [5.41, 5.74) is 0.240. The van der Waals surface area contributed by atoms with Gasteiger partial charge >= 0.3 is 0 Å². The van der Waals surface area contributed by atoms with Crippen molar-refractivity contribution in [1.82, 2.24) is 0 Å². The van der Waals surface area contributed by atoms with E-state index >= 15 is 0 Å². The maximum absolute atomic E-state index is 10.5. The molecule has 14 heavy (non-hydrogen) atoms. The molecule has 0 aromatic rings. The van der Waals surface area contributed by atoms with Gasteiger partial charge in [0.15, 0.2) is 0 Å². The molecule has 1 fully saturated rings. The average Bonchev–Trinajstić information content (AvgIpc) is 2.25. The molecule has 1 heterocycles. The number of aldehydes is 1. The Hall–Kier alpha value is -0.280. The first kappa shape index (κ1) is 11.8. The van der Waals surface area contributed by atoms with Gasteiger partial charge in [-0.15, -0.1) is 18.3 Å². The fraction of sp³-hybridized carbons (Fsp3) is 0.727. The van der Waals surface area contributed by atoms with Gasteiger partial charge in [0.25, 0.3) is 0 Å². The summed E-state index contributed by atoms with van der Waals surface area (Å²) in [4.78, 5) is 10.5. The van der Waals surface area contributed by atoms with Gasteiger partial charge in [0.1, 0.15) is 17.8 Å². The fourth-order valence-electron chi connectivity index (χ4n) is 1.48. The SMILES string of the molecule is C=CCCCS[C@@H]1CCC[C@@H](C=O)O1. The number of hydrogen-bond donors (Lipinski definition) is 0. The monoisotopic (exact) mass is 214 g/mol. The number of hydrogen-bond acceptors (Lipinski definition) is 3. The van der Waals surface area contributed by atoms with Crippen molar-refractivity contribution in [2.45, 2.75) is 43.6 Å². The Morgan fingerprint density at radius 1 is 1.50 bits per heavy atom. The standard InChI is InChI=1S/C11H18O2S/c1-2-3-4-8-14-11-7-5-6-10(9-12)13-11/h2,9-11H,1,3-8H2/t10-,11+/m0/s1. The van der Waals surface area contributed by atoms with Crippen molar-refractivity contribution in [3.8, 4) is 0 Å². The molecule has 3 heteroatoms. The van der Waals surface area contributed by atoms with Crippen molar-refractivity contribution in [1.29, 1.82) is 0 Å². The van der Waals surface area contributed by atoms with Crippen molar-refractivity contribution < 1.29 is 9.53 Å². The molecule has 0 unspecified atom stereocenters. The van der Waals surface area contributed by atoms with Gasteiger partial charge in [-0.05, 0) is 37.9 Å². The van der Waals surface area contributed by atoms with Gasteiger partial charge in [-0.25, -0.2) is 0 Å². The molecule has 80 valence electrons. The van der Waals surface area contributed by atoms with Crippen molar-refractivity contribution in [2.75, 3.05) is 5.75 Å². The van der Waals surface area contributed by atoms with Gasteiger partial charge in [0.2, 0.25) is 0 Å². The second kappa shape index (κ2) is 7.07. The normalized spacial score (nSPS) is 27.1. The van der Waals surface area contributed by atoms with Crippen molar-refractivity contribution in [2.24, 2.45) is 0 Å². The van der Waals surface area contributed by atoms with Crippen LogP contribution in [0.3, 0.4) is 0 Å². The molecular weight excluding hydrogens is 196 g/mol. The van der Waals surface area contributed by atoms with Crippen molar-refractivity contribution in [3.63, 3.8) is 0 Å². The number of carbonyl (C=O) groups excluding carboxylic acids is 1. The fourth-order valence-corrected chi connectivity index (χ4v) is 2.63. The Bertz CT molecular complexity index is 182. The van der Waals surface area contributed by atoms with Crippen LogP contribution in [0.5, 0.6) is 0 Å². The Morgan fingerprint density at radius 3 is 3.07 bits per heavy atom. The van der Waals surface area contributed by atoms with Crippen LogP contribution in [0, 0.1) is 0 Å². The van der Waals surface area contributed by atoms with Crippen LogP contribution >= 0.6 is 11.8 Å². The number of rotatable bonds is 6. The van der Waals surface area contributed by atoms with E-state index < -0.39 is 0 Å². The lowest BCUT2D eigenvalue weighted by atomic mass is 10.1. The molecular formula is C11H18O2S. The van der Waals surface area contributed by atoms with E-state index in [1.165, 1.54) is 0 Å². The first-order chi connectivity index (χ1) is 6.86. The lowest BCUT2D eigenvalue weighted by Crippen LogP contribution is -2.26. The van der Waals surface area contributed by atoms with Gasteiger partial charge in [-0.3, -0.25) is 0 Å². The first-order valence-corrected chi connectivity index (χ1v) is 6.25. The summed E-state index contributed by atoms with van der Waals surface area (Å²) >= 11 is 1.83. The van der Waals surface area contributed by atoms with Crippen molar-refractivity contribution >= 4 is 18.0 Å². The molecule has 0 bridgehead atoms. The summed E-state index contributed by atoms with van der Waals surface area (Å²) in [7, 11) is 0. The van der Waals surface area contributed by atoms with Crippen LogP contribution in [0.1, 0.15) is 32.1 Å².